The molecule has 1 aliphatic heterocycles. The number of amides is 1. The third-order valence-corrected chi connectivity index (χ3v) is 4.31. The minimum atomic E-state index is -0.605. The molecule has 1 saturated heterocycles. The fourth-order valence-corrected chi connectivity index (χ4v) is 3.24. The van der Waals surface area contributed by atoms with E-state index in [9.17, 15) is 9.59 Å². The summed E-state index contributed by atoms with van der Waals surface area (Å²) in [7, 11) is 1.32. The standard InChI is InChI=1S/C13H14N4O3S/c1-20-10(18)6-9-13(19)14-3-4-17(9)12-11-8(2-5-21-11)15-7-16-12/h2,5,7,9H,3-4,6H2,1H3,(H,14,19)/t9-/m0/s1. The van der Waals surface area contributed by atoms with E-state index in [1.807, 2.05) is 16.3 Å². The summed E-state index contributed by atoms with van der Waals surface area (Å²) < 4.78 is 5.60. The minimum Gasteiger partial charge on any atom is -0.469 e. The number of aromatic nitrogens is 2. The zero-order chi connectivity index (χ0) is 14.8. The molecule has 3 rings (SSSR count). The first-order valence-corrected chi connectivity index (χ1v) is 7.38. The van der Waals surface area contributed by atoms with Gasteiger partial charge in [-0.2, -0.15) is 0 Å². The summed E-state index contributed by atoms with van der Waals surface area (Å²) in [6, 6.07) is 1.30. The van der Waals surface area contributed by atoms with Gasteiger partial charge < -0.3 is 15.0 Å². The van der Waals surface area contributed by atoms with Crippen LogP contribution in [0.25, 0.3) is 10.2 Å². The molecule has 0 unspecified atom stereocenters. The number of carbonyl (C=O) groups is 2. The molecule has 0 saturated carbocycles. The zero-order valence-electron chi connectivity index (χ0n) is 11.4. The van der Waals surface area contributed by atoms with Crippen LogP contribution < -0.4 is 10.2 Å². The first-order chi connectivity index (χ1) is 10.2. The molecule has 1 aliphatic rings. The molecule has 1 fully saturated rings. The molecule has 2 aromatic rings. The first kappa shape index (κ1) is 13.7. The predicted octanol–water partition coefficient (Wildman–Crippen LogP) is 0.559. The number of methoxy groups -OCH3 is 1. The predicted molar refractivity (Wildman–Crippen MR) is 78.2 cm³/mol. The van der Waals surface area contributed by atoms with Crippen molar-refractivity contribution in [3.63, 3.8) is 0 Å². The van der Waals surface area contributed by atoms with E-state index in [1.54, 1.807) is 0 Å². The topological polar surface area (TPSA) is 84.4 Å². The Bertz CT molecular complexity index is 687. The highest BCUT2D eigenvalue weighted by atomic mass is 32.1. The number of nitrogens with zero attached hydrogens (tertiary/aromatic N) is 3. The van der Waals surface area contributed by atoms with Gasteiger partial charge in [-0.3, -0.25) is 9.59 Å². The highest BCUT2D eigenvalue weighted by Gasteiger charge is 2.33. The van der Waals surface area contributed by atoms with Crippen LogP contribution >= 0.6 is 11.3 Å². The normalized spacial score (nSPS) is 18.6. The van der Waals surface area contributed by atoms with Crippen molar-refractivity contribution < 1.29 is 14.3 Å². The summed E-state index contributed by atoms with van der Waals surface area (Å²) in [5.41, 5.74) is 0.841. The Morgan fingerprint density at radius 3 is 3.24 bits per heavy atom. The van der Waals surface area contributed by atoms with Crippen molar-refractivity contribution in [3.8, 4) is 0 Å². The molecule has 0 aromatic carbocycles. The van der Waals surface area contributed by atoms with Crippen LogP contribution in [0.5, 0.6) is 0 Å². The van der Waals surface area contributed by atoms with Crippen LogP contribution in [0.2, 0.25) is 0 Å². The Hall–Kier alpha value is -2.22. The molecule has 110 valence electrons. The lowest BCUT2D eigenvalue weighted by atomic mass is 10.1. The molecule has 0 aliphatic carbocycles. The van der Waals surface area contributed by atoms with E-state index in [2.05, 4.69) is 20.0 Å². The number of rotatable bonds is 3. The number of fused-ring (bicyclic) bond motifs is 1. The molecule has 1 amide bonds. The molecule has 8 heteroatoms. The number of anilines is 1. The van der Waals surface area contributed by atoms with Crippen molar-refractivity contribution >= 4 is 39.2 Å². The van der Waals surface area contributed by atoms with E-state index in [0.717, 1.165) is 10.2 Å². The van der Waals surface area contributed by atoms with Crippen molar-refractivity contribution in [1.82, 2.24) is 15.3 Å². The molecule has 21 heavy (non-hydrogen) atoms. The maximum Gasteiger partial charge on any atom is 0.308 e. The van der Waals surface area contributed by atoms with Crippen LogP contribution in [0.3, 0.4) is 0 Å². The molecule has 3 heterocycles. The quantitative estimate of drug-likeness (QED) is 0.834. The maximum absolute atomic E-state index is 12.1. The monoisotopic (exact) mass is 306 g/mol. The molecule has 1 atom stereocenters. The lowest BCUT2D eigenvalue weighted by Crippen LogP contribution is -2.56. The fourth-order valence-electron chi connectivity index (χ4n) is 2.39. The second-order valence-corrected chi connectivity index (χ2v) is 5.53. The third kappa shape index (κ3) is 2.54. The van der Waals surface area contributed by atoms with E-state index in [0.29, 0.717) is 18.9 Å². The third-order valence-electron chi connectivity index (χ3n) is 3.41. The first-order valence-electron chi connectivity index (χ1n) is 6.50. The van der Waals surface area contributed by atoms with E-state index in [4.69, 9.17) is 0 Å². The number of piperazine rings is 1. The van der Waals surface area contributed by atoms with Gasteiger partial charge in [0.1, 0.15) is 12.4 Å². The molecule has 0 radical (unpaired) electrons. The van der Waals surface area contributed by atoms with E-state index in [-0.39, 0.29) is 12.3 Å². The average molecular weight is 306 g/mol. The maximum atomic E-state index is 12.1. The Labute approximate surface area is 124 Å². The van der Waals surface area contributed by atoms with Gasteiger partial charge in [0.2, 0.25) is 5.91 Å². The van der Waals surface area contributed by atoms with E-state index in [1.165, 1.54) is 24.8 Å². The minimum absolute atomic E-state index is 0.000789. The van der Waals surface area contributed by atoms with Crippen LogP contribution in [0.4, 0.5) is 5.82 Å². The molecule has 7 nitrogen and oxygen atoms in total. The van der Waals surface area contributed by atoms with Crippen molar-refractivity contribution in [2.24, 2.45) is 0 Å². The summed E-state index contributed by atoms with van der Waals surface area (Å²) in [5.74, 6) is 0.0900. The summed E-state index contributed by atoms with van der Waals surface area (Å²) in [5, 5.41) is 4.71. The number of ether oxygens (including phenoxy) is 1. The second kappa shape index (κ2) is 5.65. The van der Waals surface area contributed by atoms with Crippen LogP contribution in [-0.4, -0.2) is 48.1 Å². The van der Waals surface area contributed by atoms with Crippen molar-refractivity contribution in [3.05, 3.63) is 17.8 Å². The van der Waals surface area contributed by atoms with Gasteiger partial charge in [0.05, 0.1) is 23.7 Å². The summed E-state index contributed by atoms with van der Waals surface area (Å²) in [4.78, 5) is 34.0. The number of carbonyl (C=O) groups excluding carboxylic acids is 2. The lowest BCUT2D eigenvalue weighted by molar-refractivity contribution is -0.143. The Morgan fingerprint density at radius 2 is 2.43 bits per heavy atom. The Balaban J connectivity index is 1.99. The molecule has 2 aromatic heterocycles. The van der Waals surface area contributed by atoms with Crippen LogP contribution in [-0.2, 0) is 14.3 Å². The van der Waals surface area contributed by atoms with Crippen LogP contribution in [0.15, 0.2) is 17.8 Å². The largest absolute Gasteiger partial charge is 0.469 e. The molecule has 0 bridgehead atoms. The van der Waals surface area contributed by atoms with Gasteiger partial charge in [0.15, 0.2) is 5.82 Å². The van der Waals surface area contributed by atoms with Gasteiger partial charge in [-0.1, -0.05) is 0 Å². The molecular weight excluding hydrogens is 292 g/mol. The highest BCUT2D eigenvalue weighted by molar-refractivity contribution is 7.17. The Morgan fingerprint density at radius 1 is 1.57 bits per heavy atom. The highest BCUT2D eigenvalue weighted by Crippen LogP contribution is 2.30. The van der Waals surface area contributed by atoms with Gasteiger partial charge >= 0.3 is 5.97 Å². The van der Waals surface area contributed by atoms with Crippen molar-refractivity contribution in [2.45, 2.75) is 12.5 Å². The number of hydrogen-bond acceptors (Lipinski definition) is 7. The number of hydrogen-bond donors (Lipinski definition) is 1. The fraction of sp³-hybridized carbons (Fsp3) is 0.385. The summed E-state index contributed by atoms with van der Waals surface area (Å²) in [6.45, 7) is 1.12. The van der Waals surface area contributed by atoms with Gasteiger partial charge in [-0.15, -0.1) is 11.3 Å². The van der Waals surface area contributed by atoms with Gasteiger partial charge in [0, 0.05) is 13.1 Å². The lowest BCUT2D eigenvalue weighted by Gasteiger charge is -2.35. The molecular formula is C13H14N4O3S. The van der Waals surface area contributed by atoms with E-state index < -0.39 is 12.0 Å². The Kier molecular flexibility index (Phi) is 3.70. The van der Waals surface area contributed by atoms with Crippen molar-refractivity contribution in [2.75, 3.05) is 25.1 Å². The second-order valence-electron chi connectivity index (χ2n) is 4.61. The SMILES string of the molecule is COC(=O)C[C@H]1C(=O)NCCN1c1ncnc2ccsc12. The number of esters is 1. The smallest absolute Gasteiger partial charge is 0.308 e. The van der Waals surface area contributed by atoms with Crippen LogP contribution in [0.1, 0.15) is 6.42 Å². The summed E-state index contributed by atoms with van der Waals surface area (Å²) in [6.07, 6.45) is 1.48. The molecule has 0 spiro atoms. The molecule has 1 N–H and O–H groups in total. The number of thiophene rings is 1. The summed E-state index contributed by atoms with van der Waals surface area (Å²) >= 11 is 1.52. The zero-order valence-corrected chi connectivity index (χ0v) is 12.2. The van der Waals surface area contributed by atoms with Gasteiger partial charge in [-0.25, -0.2) is 9.97 Å². The van der Waals surface area contributed by atoms with Gasteiger partial charge in [-0.05, 0) is 11.4 Å². The average Bonchev–Trinajstić information content (AvgIpc) is 2.97. The number of nitrogens with one attached hydrogen (secondary N) is 1. The van der Waals surface area contributed by atoms with Crippen molar-refractivity contribution in [1.29, 1.82) is 0 Å². The van der Waals surface area contributed by atoms with E-state index >= 15 is 0 Å². The van der Waals surface area contributed by atoms with Crippen LogP contribution in [0, 0.1) is 0 Å². The van der Waals surface area contributed by atoms with Gasteiger partial charge in [0.25, 0.3) is 0 Å².